The van der Waals surface area contributed by atoms with E-state index in [2.05, 4.69) is 22.9 Å². The molecule has 9 heteroatoms. The molecule has 174 valence electrons. The molecule has 2 heterocycles. The van der Waals surface area contributed by atoms with E-state index in [0.29, 0.717) is 51.2 Å². The van der Waals surface area contributed by atoms with Crippen molar-refractivity contribution in [2.45, 2.75) is 69.2 Å². The molecule has 3 atom stereocenters. The van der Waals surface area contributed by atoms with Crippen molar-refractivity contribution in [3.05, 3.63) is 0 Å². The highest BCUT2D eigenvalue weighted by Gasteiger charge is 2.42. The van der Waals surface area contributed by atoms with Crippen molar-refractivity contribution in [3.63, 3.8) is 0 Å². The Morgan fingerprint density at radius 3 is 2.43 bits per heavy atom. The van der Waals surface area contributed by atoms with Gasteiger partial charge in [-0.3, -0.25) is 4.79 Å². The molecule has 0 aromatic rings. The van der Waals surface area contributed by atoms with Gasteiger partial charge in [-0.05, 0) is 25.7 Å². The fraction of sp³-hybridized carbons (Fsp3) is 0.905. The predicted molar refractivity (Wildman–Crippen MR) is 119 cm³/mol. The number of amides is 3. The summed E-state index contributed by atoms with van der Waals surface area (Å²) in [6.07, 6.45) is 6.55. The van der Waals surface area contributed by atoms with Crippen LogP contribution in [0.2, 0.25) is 0 Å². The van der Waals surface area contributed by atoms with E-state index in [1.807, 2.05) is 11.8 Å². The third-order valence-corrected chi connectivity index (χ3v) is 6.76. The number of rotatable bonds is 18. The van der Waals surface area contributed by atoms with E-state index in [0.717, 1.165) is 50.9 Å². The Morgan fingerprint density at radius 2 is 1.70 bits per heavy atom. The van der Waals surface area contributed by atoms with Gasteiger partial charge in [-0.15, -0.1) is 0 Å². The zero-order valence-electron chi connectivity index (χ0n) is 18.3. The van der Waals surface area contributed by atoms with Crippen LogP contribution in [0, 0.1) is 0 Å². The van der Waals surface area contributed by atoms with Crippen LogP contribution in [0.15, 0.2) is 0 Å². The van der Waals surface area contributed by atoms with Crippen LogP contribution in [0.25, 0.3) is 0 Å². The maximum atomic E-state index is 11.9. The van der Waals surface area contributed by atoms with E-state index in [4.69, 9.17) is 14.2 Å². The van der Waals surface area contributed by atoms with E-state index in [9.17, 15) is 9.59 Å². The van der Waals surface area contributed by atoms with Gasteiger partial charge in [0.2, 0.25) is 5.91 Å². The summed E-state index contributed by atoms with van der Waals surface area (Å²) >= 11 is 1.92. The number of unbranched alkanes of at least 4 members (excludes halogenated alkanes) is 2. The molecule has 3 N–H and O–H groups in total. The lowest BCUT2D eigenvalue weighted by Gasteiger charge is -2.16. The van der Waals surface area contributed by atoms with Gasteiger partial charge in [0, 0.05) is 37.2 Å². The second-order valence-electron chi connectivity index (χ2n) is 7.76. The largest absolute Gasteiger partial charge is 0.379 e. The van der Waals surface area contributed by atoms with Crippen LogP contribution in [0.1, 0.15) is 51.9 Å². The minimum Gasteiger partial charge on any atom is -0.379 e. The van der Waals surface area contributed by atoms with Gasteiger partial charge in [-0.2, -0.15) is 11.8 Å². The molecule has 2 fully saturated rings. The Kier molecular flexibility index (Phi) is 13.2. The lowest BCUT2D eigenvalue weighted by atomic mass is 10.0. The SMILES string of the molecule is CCCCOCCOCCOCCCNC(=O)CCCC[C@H]1SC[C@H]2NC(=O)N[C@H]21. The molecule has 2 rings (SSSR count). The molecule has 2 aliphatic heterocycles. The Bertz CT molecular complexity index is 497. The van der Waals surface area contributed by atoms with Gasteiger partial charge in [-0.25, -0.2) is 4.79 Å². The van der Waals surface area contributed by atoms with E-state index in [1.54, 1.807) is 0 Å². The first-order valence-corrected chi connectivity index (χ1v) is 12.4. The molecule has 0 aliphatic carbocycles. The average molecular weight is 446 g/mol. The molecular formula is C21H39N3O5S. The van der Waals surface area contributed by atoms with Gasteiger partial charge in [0.25, 0.3) is 0 Å². The van der Waals surface area contributed by atoms with Gasteiger partial charge in [0.05, 0.1) is 38.5 Å². The molecule has 30 heavy (non-hydrogen) atoms. The van der Waals surface area contributed by atoms with Crippen molar-refractivity contribution in [2.75, 3.05) is 51.9 Å². The fourth-order valence-corrected chi connectivity index (χ4v) is 5.10. The van der Waals surface area contributed by atoms with Crippen molar-refractivity contribution < 1.29 is 23.8 Å². The number of thioether (sulfide) groups is 1. The minimum atomic E-state index is -0.0430. The third-order valence-electron chi connectivity index (χ3n) is 5.25. The number of fused-ring (bicyclic) bond motifs is 1. The highest BCUT2D eigenvalue weighted by atomic mass is 32.2. The maximum Gasteiger partial charge on any atom is 0.315 e. The minimum absolute atomic E-state index is 0.0430. The Hall–Kier alpha value is -1.03. The highest BCUT2D eigenvalue weighted by molar-refractivity contribution is 8.00. The predicted octanol–water partition coefficient (Wildman–Crippen LogP) is 2.07. The summed E-state index contributed by atoms with van der Waals surface area (Å²) in [6, 6.07) is 0.480. The molecule has 0 spiro atoms. The summed E-state index contributed by atoms with van der Waals surface area (Å²) in [5, 5.41) is 9.38. The lowest BCUT2D eigenvalue weighted by molar-refractivity contribution is -0.121. The monoisotopic (exact) mass is 445 g/mol. The number of hydrogen-bond donors (Lipinski definition) is 3. The van der Waals surface area contributed by atoms with E-state index in [1.165, 1.54) is 0 Å². The Morgan fingerprint density at radius 1 is 1.00 bits per heavy atom. The van der Waals surface area contributed by atoms with Crippen molar-refractivity contribution in [2.24, 2.45) is 0 Å². The van der Waals surface area contributed by atoms with Crippen LogP contribution in [-0.2, 0) is 19.0 Å². The van der Waals surface area contributed by atoms with Gasteiger partial charge in [-0.1, -0.05) is 19.8 Å². The molecular weight excluding hydrogens is 406 g/mol. The first-order valence-electron chi connectivity index (χ1n) is 11.4. The molecule has 0 bridgehead atoms. The molecule has 0 aromatic carbocycles. The van der Waals surface area contributed by atoms with Crippen molar-refractivity contribution in [1.82, 2.24) is 16.0 Å². The third kappa shape index (κ3) is 10.3. The zero-order chi connectivity index (χ0) is 21.4. The van der Waals surface area contributed by atoms with Gasteiger partial charge >= 0.3 is 6.03 Å². The van der Waals surface area contributed by atoms with Gasteiger partial charge in [0.15, 0.2) is 0 Å². The average Bonchev–Trinajstić information content (AvgIpc) is 3.28. The zero-order valence-corrected chi connectivity index (χ0v) is 19.1. The molecule has 2 saturated heterocycles. The lowest BCUT2D eigenvalue weighted by Crippen LogP contribution is -2.36. The van der Waals surface area contributed by atoms with Crippen molar-refractivity contribution in [3.8, 4) is 0 Å². The summed E-state index contributed by atoms with van der Waals surface area (Å²) in [7, 11) is 0. The molecule has 0 aromatic heterocycles. The number of nitrogens with one attached hydrogen (secondary N) is 3. The molecule has 3 amide bonds. The highest BCUT2D eigenvalue weighted by Crippen LogP contribution is 2.33. The Balaban J connectivity index is 1.31. The number of urea groups is 1. The van der Waals surface area contributed by atoms with Crippen LogP contribution in [0.4, 0.5) is 4.79 Å². The number of carbonyl (C=O) groups is 2. The normalized spacial score (nSPS) is 22.6. The van der Waals surface area contributed by atoms with Gasteiger partial charge in [0.1, 0.15) is 0 Å². The quantitative estimate of drug-likeness (QED) is 0.221. The summed E-state index contributed by atoms with van der Waals surface area (Å²) in [5.74, 6) is 1.09. The summed E-state index contributed by atoms with van der Waals surface area (Å²) in [5.41, 5.74) is 0. The van der Waals surface area contributed by atoms with Gasteiger partial charge < -0.3 is 30.2 Å². The van der Waals surface area contributed by atoms with Crippen LogP contribution in [0.5, 0.6) is 0 Å². The fourth-order valence-electron chi connectivity index (χ4n) is 3.55. The standard InChI is InChI=1S/C21H39N3O5S/c1-2-3-10-27-12-14-29-15-13-28-11-6-9-22-19(25)8-5-4-7-18-20-17(16-30-18)23-21(26)24-20/h17-18,20H,2-16H2,1H3,(H,22,25)(H2,23,24,26)/t17-,18-,20-/m1/s1. The number of hydrogen-bond acceptors (Lipinski definition) is 6. The first-order chi connectivity index (χ1) is 14.7. The Labute approximate surface area is 184 Å². The summed E-state index contributed by atoms with van der Waals surface area (Å²) in [4.78, 5) is 23.3. The molecule has 0 unspecified atom stereocenters. The van der Waals surface area contributed by atoms with Crippen molar-refractivity contribution in [1.29, 1.82) is 0 Å². The maximum absolute atomic E-state index is 11.9. The molecule has 8 nitrogen and oxygen atoms in total. The van der Waals surface area contributed by atoms with E-state index < -0.39 is 0 Å². The number of carbonyl (C=O) groups excluding carboxylic acids is 2. The first kappa shape index (κ1) is 25.2. The van der Waals surface area contributed by atoms with Crippen molar-refractivity contribution >= 4 is 23.7 Å². The summed E-state index contributed by atoms with van der Waals surface area (Å²) < 4.78 is 16.3. The van der Waals surface area contributed by atoms with Crippen LogP contribution >= 0.6 is 11.8 Å². The van der Waals surface area contributed by atoms with Crippen LogP contribution < -0.4 is 16.0 Å². The number of ether oxygens (including phenoxy) is 3. The topological polar surface area (TPSA) is 97.9 Å². The molecule has 0 saturated carbocycles. The van der Waals surface area contributed by atoms with Crippen LogP contribution in [-0.4, -0.2) is 81.2 Å². The molecule has 2 aliphatic rings. The molecule has 0 radical (unpaired) electrons. The second-order valence-corrected chi connectivity index (χ2v) is 9.03. The van der Waals surface area contributed by atoms with E-state index in [-0.39, 0.29) is 24.0 Å². The van der Waals surface area contributed by atoms with E-state index >= 15 is 0 Å². The van der Waals surface area contributed by atoms with Crippen LogP contribution in [0.3, 0.4) is 0 Å². The smallest absolute Gasteiger partial charge is 0.315 e. The second kappa shape index (κ2) is 15.7. The summed E-state index contributed by atoms with van der Waals surface area (Å²) in [6.45, 7) is 6.60.